The number of rotatable bonds is 5. The van der Waals surface area contributed by atoms with Crippen molar-refractivity contribution in [3.63, 3.8) is 0 Å². The summed E-state index contributed by atoms with van der Waals surface area (Å²) >= 11 is 0. The van der Waals surface area contributed by atoms with Crippen molar-refractivity contribution in [1.82, 2.24) is 4.98 Å². The van der Waals surface area contributed by atoms with Crippen LogP contribution in [0.15, 0.2) is 47.5 Å². The van der Waals surface area contributed by atoms with E-state index < -0.39 is 22.1 Å². The largest absolute Gasteiger partial charge is 0.478 e. The summed E-state index contributed by atoms with van der Waals surface area (Å²) in [6.45, 7) is 0. The first-order chi connectivity index (χ1) is 11.8. The van der Waals surface area contributed by atoms with Crippen molar-refractivity contribution in [1.29, 1.82) is 0 Å². The minimum atomic E-state index is -4.04. The van der Waals surface area contributed by atoms with Crippen LogP contribution in [-0.2, 0) is 14.8 Å². The second kappa shape index (κ2) is 7.18. The zero-order valence-corrected chi connectivity index (χ0v) is 14.1. The molecule has 0 bridgehead atoms. The van der Waals surface area contributed by atoms with Gasteiger partial charge in [-0.2, -0.15) is 0 Å². The van der Waals surface area contributed by atoms with Crippen molar-refractivity contribution >= 4 is 33.6 Å². The molecule has 0 radical (unpaired) electrons. The Bertz CT molecular complexity index is 896. The van der Waals surface area contributed by atoms with Gasteiger partial charge >= 0.3 is 12.1 Å². The number of nitrogens with zero attached hydrogens (tertiary/aromatic N) is 2. The molecule has 0 saturated heterocycles. The number of aromatic nitrogens is 1. The fourth-order valence-electron chi connectivity index (χ4n) is 1.97. The van der Waals surface area contributed by atoms with Crippen molar-refractivity contribution in [2.75, 3.05) is 23.8 Å². The van der Waals surface area contributed by atoms with E-state index in [4.69, 9.17) is 0 Å². The summed E-state index contributed by atoms with van der Waals surface area (Å²) in [7, 11) is -1.62. The van der Waals surface area contributed by atoms with Crippen molar-refractivity contribution < 1.29 is 27.9 Å². The number of benzene rings is 1. The molecule has 0 unspecified atom stereocenters. The number of methoxy groups -OCH3 is 1. The quantitative estimate of drug-likeness (QED) is 0.827. The molecule has 1 aromatic heterocycles. The number of carbonyl (C=O) groups is 2. The number of carbonyl (C=O) groups excluding carboxylic acids is 1. The Kier molecular flexibility index (Phi) is 5.22. The Morgan fingerprint density at radius 3 is 2.40 bits per heavy atom. The lowest BCUT2D eigenvalue weighted by Gasteiger charge is -2.20. The Balaban J connectivity index is 2.35. The second-order valence-electron chi connectivity index (χ2n) is 4.79. The third-order valence-corrected chi connectivity index (χ3v) is 5.02. The molecule has 10 heteroatoms. The maximum absolute atomic E-state index is 12.7. The van der Waals surface area contributed by atoms with Crippen LogP contribution < -0.4 is 9.62 Å². The number of aromatic carboxylic acids is 1. The van der Waals surface area contributed by atoms with E-state index in [-0.39, 0.29) is 16.3 Å². The van der Waals surface area contributed by atoms with Crippen LogP contribution in [0.1, 0.15) is 10.4 Å². The maximum atomic E-state index is 12.7. The normalized spacial score (nSPS) is 10.8. The topological polar surface area (TPSA) is 126 Å². The van der Waals surface area contributed by atoms with E-state index in [0.29, 0.717) is 5.69 Å². The van der Waals surface area contributed by atoms with Gasteiger partial charge in [-0.3, -0.25) is 9.62 Å². The van der Waals surface area contributed by atoms with Gasteiger partial charge in [-0.15, -0.1) is 0 Å². The zero-order chi connectivity index (χ0) is 18.6. The van der Waals surface area contributed by atoms with Gasteiger partial charge < -0.3 is 9.84 Å². The zero-order valence-electron chi connectivity index (χ0n) is 13.3. The lowest BCUT2D eigenvalue weighted by atomic mass is 10.2. The van der Waals surface area contributed by atoms with Crippen LogP contribution >= 0.6 is 0 Å². The average Bonchev–Trinajstić information content (AvgIpc) is 2.61. The molecule has 0 fully saturated rings. The van der Waals surface area contributed by atoms with Crippen molar-refractivity contribution in [3.8, 4) is 0 Å². The Morgan fingerprint density at radius 2 is 1.84 bits per heavy atom. The van der Waals surface area contributed by atoms with Crippen LogP contribution in [0.2, 0.25) is 0 Å². The van der Waals surface area contributed by atoms with Crippen molar-refractivity contribution in [3.05, 3.63) is 48.2 Å². The van der Waals surface area contributed by atoms with Crippen LogP contribution in [0.5, 0.6) is 0 Å². The monoisotopic (exact) mass is 365 g/mol. The van der Waals surface area contributed by atoms with Crippen LogP contribution in [0.3, 0.4) is 0 Å². The van der Waals surface area contributed by atoms with Gasteiger partial charge in [0.25, 0.3) is 10.0 Å². The van der Waals surface area contributed by atoms with Crippen LogP contribution in [0.25, 0.3) is 0 Å². The molecule has 0 aliphatic rings. The number of anilines is 2. The first kappa shape index (κ1) is 18.2. The molecule has 0 aliphatic heterocycles. The highest BCUT2D eigenvalue weighted by molar-refractivity contribution is 7.92. The summed E-state index contributed by atoms with van der Waals surface area (Å²) in [6.07, 6.45) is 0.615. The molecular weight excluding hydrogens is 350 g/mol. The third-order valence-electron chi connectivity index (χ3n) is 3.26. The van der Waals surface area contributed by atoms with Gasteiger partial charge in [-0.1, -0.05) is 0 Å². The van der Waals surface area contributed by atoms with E-state index >= 15 is 0 Å². The number of hydrogen-bond acceptors (Lipinski definition) is 6. The molecule has 0 aliphatic carbocycles. The summed E-state index contributed by atoms with van der Waals surface area (Å²) in [5.74, 6) is -1.49. The number of pyridine rings is 1. The number of ether oxygens (including phenoxy) is 1. The number of nitrogens with one attached hydrogen (secondary N) is 1. The molecule has 1 amide bonds. The summed E-state index contributed by atoms with van der Waals surface area (Å²) in [5, 5.41) is 11.6. The first-order valence-electron chi connectivity index (χ1n) is 6.89. The standard InChI is InChI=1S/C15H15N3O6S/c1-18(13-12(14(19)20)4-3-9-16-13)25(22,23)11-7-5-10(6-8-11)17-15(21)24-2/h3-9H,1-2H3,(H,17,21)(H,19,20). The lowest BCUT2D eigenvalue weighted by molar-refractivity contribution is 0.0697. The Hall–Kier alpha value is -3.14. The van der Waals surface area contributed by atoms with Gasteiger partial charge in [0.05, 0.1) is 12.0 Å². The second-order valence-corrected chi connectivity index (χ2v) is 6.76. The number of amides is 1. The number of carboxylic acids is 1. The molecule has 0 spiro atoms. The van der Waals surface area contributed by atoms with E-state index in [0.717, 1.165) is 4.31 Å². The number of hydrogen-bond donors (Lipinski definition) is 2. The van der Waals surface area contributed by atoms with E-state index in [1.54, 1.807) is 0 Å². The minimum Gasteiger partial charge on any atom is -0.478 e. The van der Waals surface area contributed by atoms with E-state index in [1.165, 1.54) is 56.8 Å². The summed E-state index contributed by atoms with van der Waals surface area (Å²) in [6, 6.07) is 7.99. The molecule has 132 valence electrons. The maximum Gasteiger partial charge on any atom is 0.411 e. The fourth-order valence-corrected chi connectivity index (χ4v) is 3.14. The molecule has 2 rings (SSSR count). The fraction of sp³-hybridized carbons (Fsp3) is 0.133. The predicted octanol–water partition coefficient (Wildman–Crippen LogP) is 1.78. The summed E-state index contributed by atoms with van der Waals surface area (Å²) in [5.41, 5.74) is 0.107. The van der Waals surface area contributed by atoms with Gasteiger partial charge in [0, 0.05) is 18.9 Å². The van der Waals surface area contributed by atoms with Gasteiger partial charge in [-0.25, -0.2) is 23.0 Å². The molecule has 25 heavy (non-hydrogen) atoms. The highest BCUT2D eigenvalue weighted by Crippen LogP contribution is 2.24. The molecule has 0 saturated carbocycles. The third kappa shape index (κ3) is 3.86. The van der Waals surface area contributed by atoms with Crippen molar-refractivity contribution in [2.45, 2.75) is 4.90 Å². The van der Waals surface area contributed by atoms with Gasteiger partial charge in [0.15, 0.2) is 5.82 Å². The highest BCUT2D eigenvalue weighted by Gasteiger charge is 2.26. The summed E-state index contributed by atoms with van der Waals surface area (Å²) in [4.78, 5) is 26.1. The first-order valence-corrected chi connectivity index (χ1v) is 8.33. The smallest absolute Gasteiger partial charge is 0.411 e. The average molecular weight is 365 g/mol. The Labute approximate surface area is 143 Å². The molecule has 2 N–H and O–H groups in total. The van der Waals surface area contributed by atoms with Gasteiger partial charge in [0.1, 0.15) is 5.56 Å². The number of carboxylic acid groups (broad SMARTS) is 1. The van der Waals surface area contributed by atoms with Crippen LogP contribution in [0.4, 0.5) is 16.3 Å². The van der Waals surface area contributed by atoms with E-state index in [9.17, 15) is 23.1 Å². The number of sulfonamides is 1. The summed E-state index contributed by atoms with van der Waals surface area (Å²) < 4.78 is 30.6. The molecule has 1 aromatic carbocycles. The molecule has 2 aromatic rings. The van der Waals surface area contributed by atoms with Crippen molar-refractivity contribution in [2.24, 2.45) is 0 Å². The predicted molar refractivity (Wildman–Crippen MR) is 89.3 cm³/mol. The van der Waals surface area contributed by atoms with Crippen LogP contribution in [0, 0.1) is 0 Å². The molecule has 1 heterocycles. The Morgan fingerprint density at radius 1 is 1.20 bits per heavy atom. The van der Waals surface area contributed by atoms with Crippen LogP contribution in [-0.4, -0.2) is 44.7 Å². The molecule has 0 atom stereocenters. The van der Waals surface area contributed by atoms with Gasteiger partial charge in [-0.05, 0) is 36.4 Å². The highest BCUT2D eigenvalue weighted by atomic mass is 32.2. The minimum absolute atomic E-state index is 0.0904. The lowest BCUT2D eigenvalue weighted by Crippen LogP contribution is -2.29. The molecule has 9 nitrogen and oxygen atoms in total. The van der Waals surface area contributed by atoms with Gasteiger partial charge in [0.2, 0.25) is 0 Å². The molecular formula is C15H15N3O6S. The SMILES string of the molecule is COC(=O)Nc1ccc(S(=O)(=O)N(C)c2ncccc2C(=O)O)cc1. The van der Waals surface area contributed by atoms with E-state index in [1.807, 2.05) is 0 Å². The van der Waals surface area contributed by atoms with E-state index in [2.05, 4.69) is 15.0 Å².